The molecule has 0 aliphatic rings. The van der Waals surface area contributed by atoms with Gasteiger partial charge < -0.3 is 15.4 Å². The fraction of sp³-hybridized carbons (Fsp3) is 0.263. The Labute approximate surface area is 142 Å². The Kier molecular flexibility index (Phi) is 6.83. The predicted octanol–water partition coefficient (Wildman–Crippen LogP) is 3.69. The third-order valence-electron chi connectivity index (χ3n) is 3.34. The minimum absolute atomic E-state index is 0.148. The fourth-order valence-corrected chi connectivity index (χ4v) is 2.06. The van der Waals surface area contributed by atoms with Gasteiger partial charge in [-0.2, -0.15) is 0 Å². The van der Waals surface area contributed by atoms with Gasteiger partial charge in [-0.05, 0) is 36.8 Å². The van der Waals surface area contributed by atoms with E-state index in [1.54, 1.807) is 24.3 Å². The number of hydrogen-bond donors (Lipinski definition) is 2. The van der Waals surface area contributed by atoms with Crippen LogP contribution < -0.4 is 10.6 Å². The van der Waals surface area contributed by atoms with Gasteiger partial charge in [0.05, 0.1) is 18.7 Å². The van der Waals surface area contributed by atoms with Crippen molar-refractivity contribution in [2.45, 2.75) is 19.8 Å². The summed E-state index contributed by atoms with van der Waals surface area (Å²) in [7, 11) is 0. The number of nitrogens with one attached hydrogen (secondary N) is 2. The number of esters is 1. The third kappa shape index (κ3) is 5.76. The molecule has 2 aromatic rings. The van der Waals surface area contributed by atoms with Crippen molar-refractivity contribution in [1.29, 1.82) is 0 Å². The fourth-order valence-electron chi connectivity index (χ4n) is 2.06. The Morgan fingerprint density at radius 1 is 1.00 bits per heavy atom. The van der Waals surface area contributed by atoms with Crippen LogP contribution in [0.25, 0.3) is 0 Å². The molecule has 2 N–H and O–H groups in total. The molecule has 0 unspecified atom stereocenters. The molecule has 5 nitrogen and oxygen atoms in total. The van der Waals surface area contributed by atoms with Gasteiger partial charge in [0.25, 0.3) is 0 Å². The summed E-state index contributed by atoms with van der Waals surface area (Å²) in [6.07, 6.45) is 1.81. The van der Waals surface area contributed by atoms with Crippen molar-refractivity contribution < 1.29 is 14.3 Å². The summed E-state index contributed by atoms with van der Waals surface area (Å²) in [4.78, 5) is 23.9. The second-order valence-corrected chi connectivity index (χ2v) is 5.34. The Hall–Kier alpha value is -2.82. The molecule has 2 rings (SSSR count). The number of para-hydroxylation sites is 1. The second kappa shape index (κ2) is 9.35. The molecule has 0 bridgehead atoms. The SMILES string of the molecule is CCCCOC(=O)c1cccc(NC(=O)CNc2ccccc2)c1. The van der Waals surface area contributed by atoms with Crippen molar-refractivity contribution in [2.75, 3.05) is 23.8 Å². The molecule has 0 aliphatic heterocycles. The first kappa shape index (κ1) is 17.5. The Morgan fingerprint density at radius 2 is 1.75 bits per heavy atom. The highest BCUT2D eigenvalue weighted by molar-refractivity contribution is 5.96. The first-order chi connectivity index (χ1) is 11.7. The van der Waals surface area contributed by atoms with Crippen molar-refractivity contribution in [3.63, 3.8) is 0 Å². The number of rotatable bonds is 8. The average Bonchev–Trinajstić information content (AvgIpc) is 2.61. The van der Waals surface area contributed by atoms with Crippen molar-refractivity contribution in [3.05, 3.63) is 60.2 Å². The summed E-state index contributed by atoms with van der Waals surface area (Å²) in [6, 6.07) is 16.2. The van der Waals surface area contributed by atoms with Crippen LogP contribution in [0.3, 0.4) is 0 Å². The molecular formula is C19H22N2O3. The molecule has 0 radical (unpaired) electrons. The van der Waals surface area contributed by atoms with Crippen molar-refractivity contribution in [1.82, 2.24) is 0 Å². The zero-order valence-corrected chi connectivity index (χ0v) is 13.7. The first-order valence-electron chi connectivity index (χ1n) is 8.05. The van der Waals surface area contributed by atoms with E-state index < -0.39 is 0 Å². The summed E-state index contributed by atoms with van der Waals surface area (Å²) in [5.41, 5.74) is 1.88. The van der Waals surface area contributed by atoms with E-state index in [-0.39, 0.29) is 18.4 Å². The van der Waals surface area contributed by atoms with Crippen molar-refractivity contribution in [2.24, 2.45) is 0 Å². The van der Waals surface area contributed by atoms with E-state index in [0.717, 1.165) is 18.5 Å². The van der Waals surface area contributed by atoms with E-state index in [1.165, 1.54) is 0 Å². The van der Waals surface area contributed by atoms with Crippen LogP contribution in [0, 0.1) is 0 Å². The highest BCUT2D eigenvalue weighted by Gasteiger charge is 2.09. The Morgan fingerprint density at radius 3 is 2.50 bits per heavy atom. The molecular weight excluding hydrogens is 304 g/mol. The van der Waals surface area contributed by atoms with Gasteiger partial charge in [0.2, 0.25) is 5.91 Å². The van der Waals surface area contributed by atoms with E-state index in [4.69, 9.17) is 4.74 Å². The smallest absolute Gasteiger partial charge is 0.338 e. The number of carbonyl (C=O) groups excluding carboxylic acids is 2. The van der Waals surface area contributed by atoms with Gasteiger partial charge in [-0.15, -0.1) is 0 Å². The van der Waals surface area contributed by atoms with E-state index in [9.17, 15) is 9.59 Å². The van der Waals surface area contributed by atoms with Crippen LogP contribution in [0.1, 0.15) is 30.1 Å². The molecule has 0 atom stereocenters. The molecule has 1 amide bonds. The lowest BCUT2D eigenvalue weighted by molar-refractivity contribution is -0.114. The molecule has 126 valence electrons. The topological polar surface area (TPSA) is 67.4 Å². The molecule has 0 fully saturated rings. The minimum Gasteiger partial charge on any atom is -0.462 e. The largest absolute Gasteiger partial charge is 0.462 e. The lowest BCUT2D eigenvalue weighted by Crippen LogP contribution is -2.21. The molecule has 24 heavy (non-hydrogen) atoms. The number of hydrogen-bond acceptors (Lipinski definition) is 4. The third-order valence-corrected chi connectivity index (χ3v) is 3.34. The zero-order chi connectivity index (χ0) is 17.2. The van der Waals surface area contributed by atoms with Gasteiger partial charge in [0.15, 0.2) is 0 Å². The van der Waals surface area contributed by atoms with Crippen LogP contribution in [-0.2, 0) is 9.53 Å². The molecule has 5 heteroatoms. The molecule has 0 aromatic heterocycles. The lowest BCUT2D eigenvalue weighted by atomic mass is 10.2. The summed E-state index contributed by atoms with van der Waals surface area (Å²) in [5.74, 6) is -0.558. The number of unbranched alkanes of at least 4 members (excludes halogenated alkanes) is 1. The minimum atomic E-state index is -0.373. The van der Waals surface area contributed by atoms with E-state index >= 15 is 0 Å². The average molecular weight is 326 g/mol. The number of anilines is 2. The van der Waals surface area contributed by atoms with Gasteiger partial charge >= 0.3 is 5.97 Å². The van der Waals surface area contributed by atoms with Crippen LogP contribution in [0.4, 0.5) is 11.4 Å². The molecule has 0 saturated carbocycles. The summed E-state index contributed by atoms with van der Waals surface area (Å²) < 4.78 is 5.17. The predicted molar refractivity (Wildman–Crippen MR) is 95.2 cm³/mol. The van der Waals surface area contributed by atoms with Gasteiger partial charge in [0.1, 0.15) is 0 Å². The highest BCUT2D eigenvalue weighted by Crippen LogP contribution is 2.12. The van der Waals surface area contributed by atoms with Gasteiger partial charge in [-0.1, -0.05) is 37.6 Å². The van der Waals surface area contributed by atoms with E-state index in [2.05, 4.69) is 10.6 Å². The number of benzene rings is 2. The van der Waals surface area contributed by atoms with Gasteiger partial charge in [-0.3, -0.25) is 4.79 Å². The molecule has 0 saturated heterocycles. The monoisotopic (exact) mass is 326 g/mol. The van der Waals surface area contributed by atoms with E-state index in [0.29, 0.717) is 17.9 Å². The summed E-state index contributed by atoms with van der Waals surface area (Å²) in [6.45, 7) is 2.59. The lowest BCUT2D eigenvalue weighted by Gasteiger charge is -2.09. The number of carbonyl (C=O) groups is 2. The van der Waals surface area contributed by atoms with Crippen LogP contribution in [0.2, 0.25) is 0 Å². The molecule has 0 aliphatic carbocycles. The normalized spacial score (nSPS) is 10.0. The molecule has 2 aromatic carbocycles. The van der Waals surface area contributed by atoms with Crippen LogP contribution in [0.15, 0.2) is 54.6 Å². The van der Waals surface area contributed by atoms with Crippen LogP contribution in [0.5, 0.6) is 0 Å². The summed E-state index contributed by atoms with van der Waals surface area (Å²) >= 11 is 0. The Balaban J connectivity index is 1.86. The Bertz CT molecular complexity index is 671. The van der Waals surface area contributed by atoms with E-state index in [1.807, 2.05) is 37.3 Å². The van der Waals surface area contributed by atoms with Crippen molar-refractivity contribution in [3.8, 4) is 0 Å². The van der Waals surface area contributed by atoms with Gasteiger partial charge in [-0.25, -0.2) is 4.79 Å². The standard InChI is InChI=1S/C19H22N2O3/c1-2-3-12-24-19(23)15-8-7-11-17(13-15)21-18(22)14-20-16-9-5-4-6-10-16/h4-11,13,20H,2-3,12,14H2,1H3,(H,21,22). The van der Waals surface area contributed by atoms with Crippen LogP contribution in [-0.4, -0.2) is 25.0 Å². The highest BCUT2D eigenvalue weighted by atomic mass is 16.5. The number of ether oxygens (including phenoxy) is 1. The molecule has 0 heterocycles. The number of amides is 1. The van der Waals surface area contributed by atoms with Crippen LogP contribution >= 0.6 is 0 Å². The quantitative estimate of drug-likeness (QED) is 0.573. The first-order valence-corrected chi connectivity index (χ1v) is 8.05. The second-order valence-electron chi connectivity index (χ2n) is 5.34. The zero-order valence-electron chi connectivity index (χ0n) is 13.7. The maximum Gasteiger partial charge on any atom is 0.338 e. The van der Waals surface area contributed by atoms with Crippen molar-refractivity contribution >= 4 is 23.3 Å². The summed E-state index contributed by atoms with van der Waals surface area (Å²) in [5, 5.41) is 5.80. The maximum atomic E-state index is 12.0. The maximum absolute atomic E-state index is 12.0. The van der Waals surface area contributed by atoms with Gasteiger partial charge in [0, 0.05) is 11.4 Å². The molecule has 0 spiro atoms.